The first-order valence-electron chi connectivity index (χ1n) is 3.75. The van der Waals surface area contributed by atoms with Crippen LogP contribution in [-0.4, -0.2) is 32.0 Å². The molecule has 0 aromatic carbocycles. The highest BCUT2D eigenvalue weighted by Crippen LogP contribution is 2.41. The normalized spacial score (nSPS) is 13.4. The lowest BCUT2D eigenvalue weighted by Gasteiger charge is -2.10. The Morgan fingerprint density at radius 2 is 1.93 bits per heavy atom. The summed E-state index contributed by atoms with van der Waals surface area (Å²) in [7, 11) is -2.99. The van der Waals surface area contributed by atoms with E-state index in [9.17, 15) is 9.36 Å². The summed E-state index contributed by atoms with van der Waals surface area (Å²) in [6, 6.07) is 0. The third-order valence-electron chi connectivity index (χ3n) is 1.15. The average molecular weight is 214 g/mol. The smallest absolute Gasteiger partial charge is 0.316 e. The second-order valence-corrected chi connectivity index (χ2v) is 5.12. The van der Waals surface area contributed by atoms with Gasteiger partial charge in [0.15, 0.2) is 6.61 Å². The van der Waals surface area contributed by atoms with Crippen molar-refractivity contribution in [1.29, 1.82) is 0 Å². The van der Waals surface area contributed by atoms with E-state index in [4.69, 9.17) is 17.4 Å². The minimum absolute atomic E-state index is 0.0871. The highest BCUT2D eigenvalue weighted by Gasteiger charge is 2.21. The van der Waals surface area contributed by atoms with Crippen LogP contribution in [-0.2, 0) is 18.6 Å². The molecule has 0 fully saturated rings. The van der Waals surface area contributed by atoms with Crippen LogP contribution in [0.25, 0.3) is 0 Å². The fraction of sp³-hybridized carbons (Fsp3) is 0.444. The number of hydrogen-bond donors (Lipinski definition) is 0. The van der Waals surface area contributed by atoms with Crippen molar-refractivity contribution < 1.29 is 18.6 Å². The quantitative estimate of drug-likeness (QED) is 0.384. The van der Waals surface area contributed by atoms with Gasteiger partial charge in [-0.05, 0) is 0 Å². The van der Waals surface area contributed by atoms with Gasteiger partial charge in [-0.3, -0.25) is 9.36 Å². The van der Waals surface area contributed by atoms with Crippen LogP contribution in [0.4, 0.5) is 0 Å². The number of rotatable bonds is 5. The van der Waals surface area contributed by atoms with Gasteiger partial charge in [0.1, 0.15) is 12.8 Å². The lowest BCUT2D eigenvalue weighted by molar-refractivity contribution is -0.139. The molecule has 0 heterocycles. The number of terminal acetylenes is 2. The Morgan fingerprint density at radius 3 is 2.43 bits per heavy atom. The molecule has 0 aliphatic rings. The molecule has 0 saturated carbocycles. The highest BCUT2D eigenvalue weighted by atomic mass is 31.2. The Labute approximate surface area is 83.4 Å². The molecular formula is C9H11O4P. The van der Waals surface area contributed by atoms with E-state index in [-0.39, 0.29) is 19.4 Å². The van der Waals surface area contributed by atoms with Gasteiger partial charge in [-0.25, -0.2) is 0 Å². The fourth-order valence-corrected chi connectivity index (χ4v) is 1.62. The van der Waals surface area contributed by atoms with E-state index in [1.807, 2.05) is 0 Å². The molecule has 0 aromatic rings. The van der Waals surface area contributed by atoms with Gasteiger partial charge < -0.3 is 9.26 Å². The van der Waals surface area contributed by atoms with Crippen molar-refractivity contribution in [2.24, 2.45) is 0 Å². The highest BCUT2D eigenvalue weighted by molar-refractivity contribution is 7.59. The van der Waals surface area contributed by atoms with E-state index >= 15 is 0 Å². The molecule has 0 radical (unpaired) electrons. The number of ether oxygens (including phenoxy) is 1. The first-order valence-corrected chi connectivity index (χ1v) is 6.01. The van der Waals surface area contributed by atoms with E-state index in [0.29, 0.717) is 0 Å². The van der Waals surface area contributed by atoms with Crippen molar-refractivity contribution in [3.05, 3.63) is 0 Å². The van der Waals surface area contributed by atoms with Crippen molar-refractivity contribution in [1.82, 2.24) is 0 Å². The molecule has 0 amide bonds. The number of carbonyl (C=O) groups is 1. The lowest BCUT2D eigenvalue weighted by Crippen LogP contribution is -2.11. The molecule has 1 unspecified atom stereocenters. The van der Waals surface area contributed by atoms with Gasteiger partial charge in [0.2, 0.25) is 7.37 Å². The lowest BCUT2D eigenvalue weighted by atomic mass is 10.7. The molecule has 0 rings (SSSR count). The Kier molecular flexibility index (Phi) is 5.72. The van der Waals surface area contributed by atoms with Gasteiger partial charge in [0.25, 0.3) is 0 Å². The first-order chi connectivity index (χ1) is 6.52. The van der Waals surface area contributed by atoms with Crippen molar-refractivity contribution in [3.63, 3.8) is 0 Å². The maximum absolute atomic E-state index is 11.5. The molecule has 0 spiro atoms. The van der Waals surface area contributed by atoms with Gasteiger partial charge in [-0.15, -0.1) is 12.8 Å². The van der Waals surface area contributed by atoms with Crippen LogP contribution in [0.5, 0.6) is 0 Å². The Hall–Kier alpha value is -1.22. The van der Waals surface area contributed by atoms with E-state index in [1.54, 1.807) is 0 Å². The number of hydrogen-bond acceptors (Lipinski definition) is 4. The maximum atomic E-state index is 11.5. The van der Waals surface area contributed by atoms with E-state index < -0.39 is 13.3 Å². The topological polar surface area (TPSA) is 52.6 Å². The van der Waals surface area contributed by atoms with Crippen LogP contribution in [0.3, 0.4) is 0 Å². The standard InChI is InChI=1S/C9H11O4P/c1-4-6-12-9(10)8-14(3,11)13-7-5-2/h1-2H,6-8H2,3H3. The first kappa shape index (κ1) is 12.8. The summed E-state index contributed by atoms with van der Waals surface area (Å²) in [4.78, 5) is 11.0. The molecule has 0 N–H and O–H groups in total. The fourth-order valence-electron chi connectivity index (χ4n) is 0.622. The second kappa shape index (κ2) is 6.27. The third-order valence-corrected chi connectivity index (χ3v) is 2.66. The van der Waals surface area contributed by atoms with Crippen LogP contribution in [0, 0.1) is 24.7 Å². The molecular weight excluding hydrogens is 203 g/mol. The Morgan fingerprint density at radius 1 is 1.36 bits per heavy atom. The maximum Gasteiger partial charge on any atom is 0.316 e. The number of carbonyl (C=O) groups excluding carboxylic acids is 1. The van der Waals surface area contributed by atoms with Crippen LogP contribution < -0.4 is 0 Å². The van der Waals surface area contributed by atoms with Crippen LogP contribution >= 0.6 is 7.37 Å². The minimum Gasteiger partial charge on any atom is -0.452 e. The predicted molar refractivity (Wildman–Crippen MR) is 53.0 cm³/mol. The van der Waals surface area contributed by atoms with Gasteiger partial charge in [0.05, 0.1) is 0 Å². The molecule has 0 aliphatic carbocycles. The van der Waals surface area contributed by atoms with Crippen molar-refractivity contribution in [2.45, 2.75) is 0 Å². The monoisotopic (exact) mass is 214 g/mol. The summed E-state index contributed by atoms with van der Waals surface area (Å²) in [5.74, 6) is 3.64. The zero-order valence-corrected chi connectivity index (χ0v) is 8.75. The van der Waals surface area contributed by atoms with Crippen LogP contribution in [0.2, 0.25) is 0 Å². The summed E-state index contributed by atoms with van der Waals surface area (Å²) in [5.41, 5.74) is 0. The summed E-state index contributed by atoms with van der Waals surface area (Å²) >= 11 is 0. The largest absolute Gasteiger partial charge is 0.452 e. The third kappa shape index (κ3) is 6.31. The van der Waals surface area contributed by atoms with Gasteiger partial charge in [-0.1, -0.05) is 11.8 Å². The van der Waals surface area contributed by atoms with Crippen LogP contribution in [0.15, 0.2) is 0 Å². The van der Waals surface area contributed by atoms with Gasteiger partial charge in [0, 0.05) is 6.66 Å². The minimum atomic E-state index is -2.99. The van der Waals surface area contributed by atoms with Crippen molar-refractivity contribution in [3.8, 4) is 24.7 Å². The van der Waals surface area contributed by atoms with Crippen molar-refractivity contribution in [2.75, 3.05) is 26.0 Å². The summed E-state index contributed by atoms with van der Waals surface area (Å²) in [6.45, 7) is 1.10. The molecule has 0 bridgehead atoms. The van der Waals surface area contributed by atoms with Crippen molar-refractivity contribution >= 4 is 13.3 Å². The molecule has 5 heteroatoms. The average Bonchev–Trinajstić information content (AvgIpc) is 2.11. The molecule has 4 nitrogen and oxygen atoms in total. The SMILES string of the molecule is C#CCOC(=O)CP(C)(=O)OCC#C. The molecule has 0 aromatic heterocycles. The molecule has 76 valence electrons. The summed E-state index contributed by atoms with van der Waals surface area (Å²) in [5, 5.41) is 0. The molecule has 0 saturated heterocycles. The summed E-state index contributed by atoms with van der Waals surface area (Å²) in [6.07, 6.45) is 9.47. The molecule has 1 atom stereocenters. The zero-order valence-electron chi connectivity index (χ0n) is 7.86. The summed E-state index contributed by atoms with van der Waals surface area (Å²) < 4.78 is 20.8. The molecule has 14 heavy (non-hydrogen) atoms. The Bertz CT molecular complexity index is 321. The van der Waals surface area contributed by atoms with E-state index in [0.717, 1.165) is 0 Å². The number of esters is 1. The van der Waals surface area contributed by atoms with Gasteiger partial charge >= 0.3 is 5.97 Å². The van der Waals surface area contributed by atoms with E-state index in [2.05, 4.69) is 16.6 Å². The molecule has 0 aliphatic heterocycles. The van der Waals surface area contributed by atoms with E-state index in [1.165, 1.54) is 6.66 Å². The van der Waals surface area contributed by atoms with Crippen LogP contribution in [0.1, 0.15) is 0 Å². The zero-order chi connectivity index (χ0) is 11.0. The second-order valence-electron chi connectivity index (χ2n) is 2.51. The Balaban J connectivity index is 3.98. The predicted octanol–water partition coefficient (Wildman–Crippen LogP) is 0.721. The van der Waals surface area contributed by atoms with Gasteiger partial charge in [-0.2, -0.15) is 0 Å².